The van der Waals surface area contributed by atoms with E-state index in [9.17, 15) is 35.9 Å². The molecule has 67 heavy (non-hydrogen) atoms. The van der Waals surface area contributed by atoms with Gasteiger partial charge in [-0.3, -0.25) is 14.2 Å². The van der Waals surface area contributed by atoms with Crippen LogP contribution in [0.5, 0.6) is 0 Å². The van der Waals surface area contributed by atoms with E-state index in [1.807, 2.05) is 40.9 Å². The molecule has 2 aliphatic rings. The molecule has 23 heteroatoms. The minimum atomic E-state index is -4.46. The van der Waals surface area contributed by atoms with Crippen LogP contribution in [0.2, 0.25) is 0 Å². The van der Waals surface area contributed by atoms with E-state index in [1.165, 1.54) is 12.1 Å². The summed E-state index contributed by atoms with van der Waals surface area (Å²) < 4.78 is 83.6. The Morgan fingerprint density at radius 1 is 0.672 bits per heavy atom. The number of nitrogens with zero attached hydrogens (tertiary/aromatic N) is 8. The Morgan fingerprint density at radius 2 is 1.07 bits per heavy atom. The van der Waals surface area contributed by atoms with Crippen LogP contribution in [-0.2, 0) is 9.47 Å². The fourth-order valence-electron chi connectivity index (χ4n) is 6.78. The van der Waals surface area contributed by atoms with Gasteiger partial charge in [0.25, 0.3) is 5.91 Å². The zero-order valence-electron chi connectivity index (χ0n) is 36.3. The smallest absolute Gasteiger partial charge is 0.405 e. The van der Waals surface area contributed by atoms with Gasteiger partial charge in [0.2, 0.25) is 11.9 Å². The van der Waals surface area contributed by atoms with Crippen LogP contribution in [0.3, 0.4) is 0 Å². The van der Waals surface area contributed by atoms with Gasteiger partial charge in [0.1, 0.15) is 6.54 Å². The van der Waals surface area contributed by atoms with Crippen LogP contribution in [0.25, 0.3) is 22.5 Å². The number of rotatable bonds is 11. The number of aromatic nitrogens is 8. The SMILES string of the molecule is Cc1cnc(Nc2cnn(C3CCOCC3)c2)nc1-c1ccc(C(=O)NCC(F)(F)F)cc1.Cc1cnc(Nc2cnn(C3CCOCC3)c2)nc1-c1ccc(C(=O)O)cc1.NCC(F)(F)F. The molecule has 2 aliphatic heterocycles. The van der Waals surface area contributed by atoms with Crippen LogP contribution < -0.4 is 21.7 Å². The number of benzene rings is 2. The van der Waals surface area contributed by atoms with Gasteiger partial charge in [0.05, 0.1) is 59.3 Å². The second-order valence-corrected chi connectivity index (χ2v) is 15.4. The maximum atomic E-state index is 12.3. The van der Waals surface area contributed by atoms with E-state index in [-0.39, 0.29) is 11.1 Å². The molecule has 0 bridgehead atoms. The molecule has 0 aliphatic carbocycles. The van der Waals surface area contributed by atoms with Crippen molar-refractivity contribution in [3.63, 3.8) is 0 Å². The lowest BCUT2D eigenvalue weighted by molar-refractivity contribution is -0.123. The Hall–Kier alpha value is -6.98. The summed E-state index contributed by atoms with van der Waals surface area (Å²) in [7, 11) is 0. The lowest BCUT2D eigenvalue weighted by Gasteiger charge is -2.22. The summed E-state index contributed by atoms with van der Waals surface area (Å²) in [6.07, 6.45) is 5.87. The number of carboxylic acids is 1. The van der Waals surface area contributed by atoms with Crippen LogP contribution in [0.4, 0.5) is 49.6 Å². The largest absolute Gasteiger partial charge is 0.478 e. The number of carboxylic acid groups (broad SMARTS) is 1. The van der Waals surface area contributed by atoms with Crippen molar-refractivity contribution in [3.8, 4) is 22.5 Å². The second-order valence-electron chi connectivity index (χ2n) is 15.4. The first-order valence-electron chi connectivity index (χ1n) is 21.0. The molecule has 6 N–H and O–H groups in total. The normalized spacial score (nSPS) is 14.5. The number of amides is 1. The Labute approximate surface area is 380 Å². The van der Waals surface area contributed by atoms with Crippen LogP contribution in [0, 0.1) is 13.8 Å². The molecule has 2 saturated heterocycles. The lowest BCUT2D eigenvalue weighted by Crippen LogP contribution is -2.33. The molecule has 0 saturated carbocycles. The van der Waals surface area contributed by atoms with E-state index in [0.29, 0.717) is 35.2 Å². The van der Waals surface area contributed by atoms with Crippen molar-refractivity contribution in [1.29, 1.82) is 0 Å². The second kappa shape index (κ2) is 22.5. The number of carbonyl (C=O) groups excluding carboxylic acids is 1. The van der Waals surface area contributed by atoms with Crippen molar-refractivity contribution in [3.05, 3.63) is 108 Å². The summed E-state index contributed by atoms with van der Waals surface area (Å²) in [6.45, 7) is 4.14. The molecule has 0 unspecified atom stereocenters. The molecule has 356 valence electrons. The highest BCUT2D eigenvalue weighted by atomic mass is 19.4. The zero-order valence-corrected chi connectivity index (χ0v) is 36.3. The van der Waals surface area contributed by atoms with Gasteiger partial charge in [0.15, 0.2) is 0 Å². The number of halogens is 6. The predicted octanol–water partition coefficient (Wildman–Crippen LogP) is 7.98. The quantitative estimate of drug-likeness (QED) is 0.0778. The first-order valence-corrected chi connectivity index (χ1v) is 21.0. The van der Waals surface area contributed by atoms with Crippen LogP contribution >= 0.6 is 0 Å². The molecule has 8 rings (SSSR count). The molecule has 1 amide bonds. The Balaban J connectivity index is 0.000000199. The minimum Gasteiger partial charge on any atom is -0.478 e. The third kappa shape index (κ3) is 14.8. The number of anilines is 4. The molecule has 2 fully saturated rings. The third-order valence-corrected chi connectivity index (χ3v) is 10.3. The Bertz CT molecular complexity index is 2560. The molecular formula is C44H48F6N12O5. The maximum absolute atomic E-state index is 12.3. The van der Waals surface area contributed by atoms with Crippen molar-refractivity contribution >= 4 is 35.1 Å². The summed E-state index contributed by atoms with van der Waals surface area (Å²) in [5.41, 5.74) is 10.8. The number of hydrogen-bond acceptors (Lipinski definition) is 13. The first-order chi connectivity index (χ1) is 31.9. The number of nitrogens with two attached hydrogens (primary N) is 1. The Kier molecular flexibility index (Phi) is 16.6. The van der Waals surface area contributed by atoms with Crippen molar-refractivity contribution in [2.75, 3.05) is 50.2 Å². The molecule has 6 aromatic rings. The highest BCUT2D eigenvalue weighted by molar-refractivity contribution is 5.94. The van der Waals surface area contributed by atoms with Gasteiger partial charge in [0, 0.05) is 67.9 Å². The molecular weight excluding hydrogens is 891 g/mol. The standard InChI is InChI=1S/C22H23F3N6O2.C20H21N5O3.C2H4F3N/c1-14-10-26-21(29-17-11-28-31(12-17)18-6-8-33-9-7-18)30-19(14)15-2-4-16(5-3-15)20(32)27-13-22(23,24)25;1-13-10-21-20(24-18(13)14-2-4-15(5-3-14)19(26)27)23-16-11-22-25(12-16)17-6-8-28-9-7-17;3-2(4,5)1-6/h2-5,10-12,18H,6-9,13H2,1H3,(H,27,32)(H,26,29,30);2-5,10-12,17H,6-9H2,1H3,(H,26,27)(H,21,23,24);1,6H2. The molecule has 0 spiro atoms. The highest BCUT2D eigenvalue weighted by Crippen LogP contribution is 2.28. The minimum absolute atomic E-state index is 0.133. The van der Waals surface area contributed by atoms with E-state index in [0.717, 1.165) is 85.9 Å². The molecule has 6 heterocycles. The van der Waals surface area contributed by atoms with E-state index in [2.05, 4.69) is 46.5 Å². The molecule has 0 atom stereocenters. The number of aromatic carboxylic acids is 1. The average Bonchev–Trinajstić information content (AvgIpc) is 4.00. The van der Waals surface area contributed by atoms with Crippen molar-refractivity contribution in [1.82, 2.24) is 44.8 Å². The average molecular weight is 939 g/mol. The Morgan fingerprint density at radius 3 is 1.45 bits per heavy atom. The van der Waals surface area contributed by atoms with Gasteiger partial charge in [-0.05, 0) is 74.9 Å². The van der Waals surface area contributed by atoms with Gasteiger partial charge < -0.3 is 36.3 Å². The van der Waals surface area contributed by atoms with Crippen molar-refractivity contribution in [2.45, 2.75) is 64.0 Å². The number of nitrogens with one attached hydrogen (secondary N) is 3. The molecule has 2 aromatic carbocycles. The van der Waals surface area contributed by atoms with Crippen LogP contribution in [0.15, 0.2) is 85.7 Å². The molecule has 4 aromatic heterocycles. The number of alkyl halides is 6. The van der Waals surface area contributed by atoms with E-state index in [1.54, 1.807) is 61.2 Å². The topological polar surface area (TPSA) is 222 Å². The summed E-state index contributed by atoms with van der Waals surface area (Å²) in [5, 5.41) is 26.1. The zero-order chi connectivity index (χ0) is 48.1. The fourth-order valence-corrected chi connectivity index (χ4v) is 6.78. The first kappa shape index (κ1) is 49.5. The molecule has 17 nitrogen and oxygen atoms in total. The van der Waals surface area contributed by atoms with Crippen molar-refractivity contribution in [2.24, 2.45) is 5.73 Å². The number of carbonyl (C=O) groups is 2. The van der Waals surface area contributed by atoms with E-state index in [4.69, 9.17) is 14.6 Å². The van der Waals surface area contributed by atoms with Gasteiger partial charge in [-0.25, -0.2) is 24.7 Å². The van der Waals surface area contributed by atoms with Gasteiger partial charge in [-0.1, -0.05) is 24.3 Å². The summed E-state index contributed by atoms with van der Waals surface area (Å²) in [4.78, 5) is 40.8. The number of aryl methyl sites for hydroxylation is 2. The number of hydrogen-bond donors (Lipinski definition) is 5. The summed E-state index contributed by atoms with van der Waals surface area (Å²) >= 11 is 0. The van der Waals surface area contributed by atoms with Gasteiger partial charge >= 0.3 is 18.3 Å². The monoisotopic (exact) mass is 938 g/mol. The summed E-state index contributed by atoms with van der Waals surface area (Å²) in [5.74, 6) is -0.888. The fraction of sp³-hybridized carbons (Fsp3) is 0.364. The summed E-state index contributed by atoms with van der Waals surface area (Å²) in [6, 6.07) is 13.5. The predicted molar refractivity (Wildman–Crippen MR) is 234 cm³/mol. The third-order valence-electron chi connectivity index (χ3n) is 10.3. The van der Waals surface area contributed by atoms with E-state index < -0.39 is 37.3 Å². The van der Waals surface area contributed by atoms with Crippen LogP contribution in [0.1, 0.15) is 69.6 Å². The number of ether oxygens (including phenoxy) is 2. The van der Waals surface area contributed by atoms with Crippen molar-refractivity contribution < 1.29 is 50.5 Å². The van der Waals surface area contributed by atoms with Gasteiger partial charge in [-0.2, -0.15) is 36.5 Å². The van der Waals surface area contributed by atoms with Gasteiger partial charge in [-0.15, -0.1) is 0 Å². The van der Waals surface area contributed by atoms with Crippen LogP contribution in [-0.4, -0.2) is 108 Å². The highest BCUT2D eigenvalue weighted by Gasteiger charge is 2.28. The maximum Gasteiger partial charge on any atom is 0.405 e. The lowest BCUT2D eigenvalue weighted by atomic mass is 10.1. The van der Waals surface area contributed by atoms with E-state index >= 15 is 0 Å². The molecule has 0 radical (unpaired) electrons.